The number of nitrogens with zero attached hydrogens (tertiary/aromatic N) is 3. The summed E-state index contributed by atoms with van der Waals surface area (Å²) in [5.41, 5.74) is 2.01. The van der Waals surface area contributed by atoms with Gasteiger partial charge in [0.1, 0.15) is 10.8 Å². The van der Waals surface area contributed by atoms with Crippen LogP contribution in [0.25, 0.3) is 10.2 Å². The van der Waals surface area contributed by atoms with Crippen LogP contribution in [0.5, 0.6) is 0 Å². The molecular weight excluding hydrogens is 373 g/mol. The normalized spacial score (nSPS) is 15.1. The lowest BCUT2D eigenvalue weighted by molar-refractivity contribution is -0.133. The van der Waals surface area contributed by atoms with E-state index in [1.54, 1.807) is 28.4 Å². The number of aromatic nitrogens is 1. The van der Waals surface area contributed by atoms with Crippen LogP contribution in [0, 0.1) is 5.82 Å². The summed E-state index contributed by atoms with van der Waals surface area (Å²) < 4.78 is 14.3. The van der Waals surface area contributed by atoms with Gasteiger partial charge >= 0.3 is 0 Å². The fourth-order valence-corrected chi connectivity index (χ4v) is 4.38. The molecule has 1 aromatic heterocycles. The molecule has 146 valence electrons. The van der Waals surface area contributed by atoms with Gasteiger partial charge in [-0.3, -0.25) is 9.69 Å². The highest BCUT2D eigenvalue weighted by molar-refractivity contribution is 7.18. The van der Waals surface area contributed by atoms with Crippen molar-refractivity contribution < 1.29 is 9.18 Å². The van der Waals surface area contributed by atoms with Crippen molar-refractivity contribution in [2.75, 3.05) is 13.6 Å². The van der Waals surface area contributed by atoms with Crippen molar-refractivity contribution >= 4 is 27.5 Å². The molecule has 1 heterocycles. The van der Waals surface area contributed by atoms with Gasteiger partial charge in [-0.25, -0.2) is 9.37 Å². The summed E-state index contributed by atoms with van der Waals surface area (Å²) in [6, 6.07) is 15.0. The summed E-state index contributed by atoms with van der Waals surface area (Å²) >= 11 is 1.64. The van der Waals surface area contributed by atoms with Gasteiger partial charge in [-0.2, -0.15) is 0 Å². The molecular formula is C22H24FN3OS. The van der Waals surface area contributed by atoms with E-state index in [0.717, 1.165) is 33.6 Å². The zero-order valence-corrected chi connectivity index (χ0v) is 17.0. The van der Waals surface area contributed by atoms with Crippen molar-refractivity contribution in [1.29, 1.82) is 0 Å². The fourth-order valence-electron chi connectivity index (χ4n) is 3.31. The summed E-state index contributed by atoms with van der Waals surface area (Å²) in [5.74, 6) is -0.150. The molecule has 0 spiro atoms. The molecule has 4 nitrogen and oxygen atoms in total. The van der Waals surface area contributed by atoms with Gasteiger partial charge < -0.3 is 4.90 Å². The molecule has 28 heavy (non-hydrogen) atoms. The number of hydrogen-bond acceptors (Lipinski definition) is 4. The van der Waals surface area contributed by atoms with Crippen LogP contribution in [0.15, 0.2) is 48.5 Å². The third-order valence-corrected chi connectivity index (χ3v) is 6.55. The lowest BCUT2D eigenvalue weighted by Crippen LogP contribution is -2.40. The van der Waals surface area contributed by atoms with E-state index in [1.807, 2.05) is 32.2 Å². The van der Waals surface area contributed by atoms with E-state index in [2.05, 4.69) is 11.0 Å². The molecule has 3 aromatic rings. The first-order chi connectivity index (χ1) is 13.5. The Kier molecular flexibility index (Phi) is 5.42. The van der Waals surface area contributed by atoms with Crippen molar-refractivity contribution in [3.05, 3.63) is 64.9 Å². The molecule has 1 aliphatic rings. The third-order valence-electron chi connectivity index (χ3n) is 5.34. The first-order valence-corrected chi connectivity index (χ1v) is 10.4. The Balaban J connectivity index is 1.43. The van der Waals surface area contributed by atoms with Gasteiger partial charge in [0.25, 0.3) is 0 Å². The highest BCUT2D eigenvalue weighted by Crippen LogP contribution is 2.31. The van der Waals surface area contributed by atoms with Crippen molar-refractivity contribution in [2.24, 2.45) is 0 Å². The summed E-state index contributed by atoms with van der Waals surface area (Å²) in [7, 11) is 1.85. The zero-order valence-electron chi connectivity index (χ0n) is 16.1. The molecule has 4 rings (SSSR count). The van der Waals surface area contributed by atoms with Crippen molar-refractivity contribution in [1.82, 2.24) is 14.8 Å². The summed E-state index contributed by atoms with van der Waals surface area (Å²) in [6.07, 6.45) is 2.23. The second-order valence-electron chi connectivity index (χ2n) is 7.46. The van der Waals surface area contributed by atoms with Crippen LogP contribution in [-0.4, -0.2) is 40.3 Å². The van der Waals surface area contributed by atoms with E-state index in [1.165, 1.54) is 12.1 Å². The number of likely N-dealkylation sites (N-methyl/N-ethyl adjacent to an activating group) is 1. The molecule has 2 aromatic carbocycles. The van der Waals surface area contributed by atoms with E-state index < -0.39 is 0 Å². The second kappa shape index (κ2) is 7.97. The predicted molar refractivity (Wildman–Crippen MR) is 111 cm³/mol. The van der Waals surface area contributed by atoms with Crippen molar-refractivity contribution in [3.63, 3.8) is 0 Å². The monoisotopic (exact) mass is 397 g/mol. The highest BCUT2D eigenvalue weighted by atomic mass is 32.1. The summed E-state index contributed by atoms with van der Waals surface area (Å²) in [6.45, 7) is 3.06. The Morgan fingerprint density at radius 1 is 1.21 bits per heavy atom. The SMILES string of the molecule is C[C@@H](c1nc2ccccc2s1)N(C)C(=O)CN(Cc1ccc(F)cc1)C1CC1. The number of benzene rings is 2. The predicted octanol–water partition coefficient (Wildman–Crippen LogP) is 4.62. The van der Waals surface area contributed by atoms with E-state index >= 15 is 0 Å². The average Bonchev–Trinajstić information content (AvgIpc) is 3.46. The number of amides is 1. The Morgan fingerprint density at radius 3 is 2.61 bits per heavy atom. The second-order valence-corrected chi connectivity index (χ2v) is 8.53. The van der Waals surface area contributed by atoms with Gasteiger partial charge in [0.15, 0.2) is 0 Å². The minimum Gasteiger partial charge on any atom is -0.335 e. The van der Waals surface area contributed by atoms with Gasteiger partial charge in [0.05, 0.1) is 22.8 Å². The molecule has 0 unspecified atom stereocenters. The smallest absolute Gasteiger partial charge is 0.237 e. The van der Waals surface area contributed by atoms with Crippen molar-refractivity contribution in [2.45, 2.75) is 38.4 Å². The van der Waals surface area contributed by atoms with Crippen LogP contribution >= 0.6 is 11.3 Å². The van der Waals surface area contributed by atoms with Crippen molar-refractivity contribution in [3.8, 4) is 0 Å². The van der Waals surface area contributed by atoms with Crippen LogP contribution in [0.3, 0.4) is 0 Å². The maximum absolute atomic E-state index is 13.2. The van der Waals surface area contributed by atoms with Crippen LogP contribution in [-0.2, 0) is 11.3 Å². The highest BCUT2D eigenvalue weighted by Gasteiger charge is 2.32. The molecule has 0 bridgehead atoms. The molecule has 0 N–H and O–H groups in total. The lowest BCUT2D eigenvalue weighted by atomic mass is 10.2. The molecule has 0 aliphatic heterocycles. The number of carbonyl (C=O) groups excluding carboxylic acids is 1. The maximum Gasteiger partial charge on any atom is 0.237 e. The fraction of sp³-hybridized carbons (Fsp3) is 0.364. The Hall–Kier alpha value is -2.31. The Bertz CT molecular complexity index is 934. The van der Waals surface area contributed by atoms with E-state index in [-0.39, 0.29) is 17.8 Å². The number of halogens is 1. The number of para-hydroxylation sites is 1. The number of fused-ring (bicyclic) bond motifs is 1. The average molecular weight is 398 g/mol. The summed E-state index contributed by atoms with van der Waals surface area (Å²) in [4.78, 5) is 21.7. The minimum atomic E-state index is -0.234. The zero-order chi connectivity index (χ0) is 19.7. The molecule has 1 saturated carbocycles. The Labute approximate surface area is 168 Å². The molecule has 1 fully saturated rings. The first kappa shape index (κ1) is 19.0. The van der Waals surface area contributed by atoms with Crippen LogP contribution < -0.4 is 0 Å². The number of carbonyl (C=O) groups is 1. The van der Waals surface area contributed by atoms with E-state index in [4.69, 9.17) is 4.98 Å². The Morgan fingerprint density at radius 2 is 1.93 bits per heavy atom. The summed E-state index contributed by atoms with van der Waals surface area (Å²) in [5, 5.41) is 0.952. The lowest BCUT2D eigenvalue weighted by Gasteiger charge is -2.28. The van der Waals surface area contributed by atoms with Gasteiger partial charge in [0.2, 0.25) is 5.91 Å². The first-order valence-electron chi connectivity index (χ1n) is 9.61. The number of thiazole rings is 1. The van der Waals surface area contributed by atoms with Gasteiger partial charge in [-0.05, 0) is 49.6 Å². The number of hydrogen-bond donors (Lipinski definition) is 0. The van der Waals surface area contributed by atoms with Gasteiger partial charge in [0, 0.05) is 19.6 Å². The van der Waals surface area contributed by atoms with E-state index in [9.17, 15) is 9.18 Å². The van der Waals surface area contributed by atoms with Gasteiger partial charge in [-0.1, -0.05) is 24.3 Å². The third kappa shape index (κ3) is 4.23. The van der Waals surface area contributed by atoms with Crippen LogP contribution in [0.1, 0.15) is 36.4 Å². The molecule has 6 heteroatoms. The standard InChI is InChI=1S/C22H24FN3OS/c1-15(22-24-19-5-3-4-6-20(19)28-22)25(2)21(27)14-26(18-11-12-18)13-16-7-9-17(23)10-8-16/h3-10,15,18H,11-14H2,1-2H3/t15-/m0/s1. The van der Waals surface area contributed by atoms with E-state index in [0.29, 0.717) is 19.1 Å². The van der Waals surface area contributed by atoms with Gasteiger partial charge in [-0.15, -0.1) is 11.3 Å². The molecule has 1 atom stereocenters. The van der Waals surface area contributed by atoms with Crippen LogP contribution in [0.4, 0.5) is 4.39 Å². The molecule has 0 saturated heterocycles. The number of rotatable bonds is 7. The maximum atomic E-state index is 13.2. The molecule has 1 amide bonds. The molecule has 0 radical (unpaired) electrons. The molecule has 1 aliphatic carbocycles. The van der Waals surface area contributed by atoms with Crippen LogP contribution in [0.2, 0.25) is 0 Å². The largest absolute Gasteiger partial charge is 0.335 e. The topological polar surface area (TPSA) is 36.4 Å². The minimum absolute atomic E-state index is 0.0724. The quantitative estimate of drug-likeness (QED) is 0.584.